The first kappa shape index (κ1) is 15.4. The highest BCUT2D eigenvalue weighted by molar-refractivity contribution is 4.68. The van der Waals surface area contributed by atoms with Gasteiger partial charge in [0.05, 0.1) is 0 Å². The zero-order chi connectivity index (χ0) is 12.6. The van der Waals surface area contributed by atoms with Gasteiger partial charge in [0.25, 0.3) is 0 Å². The van der Waals surface area contributed by atoms with Crippen molar-refractivity contribution in [3.63, 3.8) is 0 Å². The number of rotatable bonds is 9. The first-order valence-electron chi connectivity index (χ1n) is 6.62. The van der Waals surface area contributed by atoms with Crippen molar-refractivity contribution in [1.82, 2.24) is 0 Å². The summed E-state index contributed by atoms with van der Waals surface area (Å²) in [5, 5.41) is 10.8. The molecule has 0 spiro atoms. The molecule has 0 aliphatic heterocycles. The predicted molar refractivity (Wildman–Crippen MR) is 68.2 cm³/mol. The van der Waals surface area contributed by atoms with E-state index >= 15 is 0 Å². The van der Waals surface area contributed by atoms with Crippen LogP contribution >= 0.6 is 0 Å². The maximum absolute atomic E-state index is 10.8. The van der Waals surface area contributed by atoms with E-state index in [1.54, 1.807) is 6.92 Å². The fraction of sp³-hybridized carbons (Fsp3) is 1.00. The van der Waals surface area contributed by atoms with Crippen LogP contribution in [0.25, 0.3) is 0 Å². The minimum absolute atomic E-state index is 0.118. The van der Waals surface area contributed by atoms with Gasteiger partial charge in [-0.3, -0.25) is 10.1 Å². The van der Waals surface area contributed by atoms with Gasteiger partial charge in [-0.25, -0.2) is 0 Å². The van der Waals surface area contributed by atoms with E-state index in [1.165, 1.54) is 19.3 Å². The molecule has 0 N–H and O–H groups in total. The van der Waals surface area contributed by atoms with E-state index in [-0.39, 0.29) is 16.9 Å². The van der Waals surface area contributed by atoms with Crippen LogP contribution in [0.1, 0.15) is 66.2 Å². The van der Waals surface area contributed by atoms with Gasteiger partial charge in [0.1, 0.15) is 0 Å². The Morgan fingerprint density at radius 1 is 1.12 bits per heavy atom. The molecule has 0 amide bonds. The Balaban J connectivity index is 4.05. The summed E-state index contributed by atoms with van der Waals surface area (Å²) < 4.78 is 0. The molecule has 2 atom stereocenters. The smallest absolute Gasteiger partial charge is 0.213 e. The Morgan fingerprint density at radius 3 is 2.19 bits per heavy atom. The van der Waals surface area contributed by atoms with Crippen LogP contribution in [-0.4, -0.2) is 11.0 Å². The summed E-state index contributed by atoms with van der Waals surface area (Å²) in [6.45, 7) is 8.23. The molecule has 16 heavy (non-hydrogen) atoms. The quantitative estimate of drug-likeness (QED) is 0.336. The lowest BCUT2D eigenvalue weighted by Crippen LogP contribution is -2.27. The van der Waals surface area contributed by atoms with Gasteiger partial charge >= 0.3 is 0 Å². The fourth-order valence-electron chi connectivity index (χ4n) is 2.17. The standard InChI is InChI=1S/C13H27NO2/c1-5-6-7-8-9-13(10-11(2)3)12(4)14(15)16/h11-13H,5-10H2,1-4H3. The maximum atomic E-state index is 10.8. The molecule has 0 heterocycles. The highest BCUT2D eigenvalue weighted by atomic mass is 16.6. The summed E-state index contributed by atoms with van der Waals surface area (Å²) in [4.78, 5) is 10.7. The summed E-state index contributed by atoms with van der Waals surface area (Å²) in [6.07, 6.45) is 6.83. The summed E-state index contributed by atoms with van der Waals surface area (Å²) in [5.74, 6) is 0.811. The Bertz CT molecular complexity index is 192. The van der Waals surface area contributed by atoms with E-state index in [1.807, 2.05) is 0 Å². The minimum Gasteiger partial charge on any atom is -0.264 e. The molecular formula is C13H27NO2. The maximum Gasteiger partial charge on any atom is 0.213 e. The van der Waals surface area contributed by atoms with E-state index in [9.17, 15) is 10.1 Å². The Morgan fingerprint density at radius 2 is 1.75 bits per heavy atom. The van der Waals surface area contributed by atoms with E-state index < -0.39 is 0 Å². The molecule has 96 valence electrons. The molecule has 0 bridgehead atoms. The van der Waals surface area contributed by atoms with Gasteiger partial charge in [0, 0.05) is 17.8 Å². The molecular weight excluding hydrogens is 202 g/mol. The second-order valence-electron chi connectivity index (χ2n) is 5.26. The van der Waals surface area contributed by atoms with Crippen molar-refractivity contribution >= 4 is 0 Å². The fourth-order valence-corrected chi connectivity index (χ4v) is 2.17. The van der Waals surface area contributed by atoms with Crippen LogP contribution < -0.4 is 0 Å². The monoisotopic (exact) mass is 229 g/mol. The molecule has 2 unspecified atom stereocenters. The van der Waals surface area contributed by atoms with Crippen molar-refractivity contribution in [2.75, 3.05) is 0 Å². The van der Waals surface area contributed by atoms with E-state index in [4.69, 9.17) is 0 Å². The van der Waals surface area contributed by atoms with Crippen molar-refractivity contribution in [3.8, 4) is 0 Å². The first-order chi connectivity index (χ1) is 7.49. The number of unbranched alkanes of at least 4 members (excludes halogenated alkanes) is 3. The third kappa shape index (κ3) is 6.81. The largest absolute Gasteiger partial charge is 0.264 e. The van der Waals surface area contributed by atoms with Crippen LogP contribution in [-0.2, 0) is 0 Å². The van der Waals surface area contributed by atoms with Gasteiger partial charge in [-0.05, 0) is 18.8 Å². The van der Waals surface area contributed by atoms with Gasteiger partial charge < -0.3 is 0 Å². The normalized spacial score (nSPS) is 15.1. The summed E-state index contributed by atoms with van der Waals surface area (Å²) in [7, 11) is 0. The Hall–Kier alpha value is -0.600. The van der Waals surface area contributed by atoms with Gasteiger partial charge in [0.15, 0.2) is 0 Å². The second-order valence-corrected chi connectivity index (χ2v) is 5.26. The summed E-state index contributed by atoms with van der Waals surface area (Å²) >= 11 is 0. The highest BCUT2D eigenvalue weighted by Gasteiger charge is 2.26. The van der Waals surface area contributed by atoms with Crippen LogP contribution in [0.15, 0.2) is 0 Å². The average Bonchev–Trinajstić information content (AvgIpc) is 2.20. The van der Waals surface area contributed by atoms with Gasteiger partial charge in [-0.15, -0.1) is 0 Å². The molecule has 3 nitrogen and oxygen atoms in total. The number of hydrogen-bond donors (Lipinski definition) is 0. The third-order valence-electron chi connectivity index (χ3n) is 3.22. The molecule has 0 saturated heterocycles. The molecule has 0 rings (SSSR count). The predicted octanol–water partition coefficient (Wildman–Crippen LogP) is 4.28. The second kappa shape index (κ2) is 8.54. The zero-order valence-corrected chi connectivity index (χ0v) is 11.2. The number of hydrogen-bond acceptors (Lipinski definition) is 2. The van der Waals surface area contributed by atoms with E-state index in [0.717, 1.165) is 19.3 Å². The van der Waals surface area contributed by atoms with Gasteiger partial charge in [-0.1, -0.05) is 46.5 Å². The lowest BCUT2D eigenvalue weighted by atomic mass is 9.87. The molecule has 0 aliphatic carbocycles. The first-order valence-corrected chi connectivity index (χ1v) is 6.62. The van der Waals surface area contributed by atoms with Crippen molar-refractivity contribution in [2.45, 2.75) is 72.3 Å². The molecule has 0 radical (unpaired) electrons. The van der Waals surface area contributed by atoms with Gasteiger partial charge in [0.2, 0.25) is 6.04 Å². The minimum atomic E-state index is -0.385. The van der Waals surface area contributed by atoms with Crippen molar-refractivity contribution in [2.24, 2.45) is 11.8 Å². The van der Waals surface area contributed by atoms with Crippen LogP contribution in [0.5, 0.6) is 0 Å². The van der Waals surface area contributed by atoms with Crippen LogP contribution in [0.4, 0.5) is 0 Å². The van der Waals surface area contributed by atoms with E-state index in [0.29, 0.717) is 5.92 Å². The molecule has 0 saturated carbocycles. The SMILES string of the molecule is CCCCCCC(CC(C)C)C(C)[N+](=O)[O-]. The average molecular weight is 229 g/mol. The van der Waals surface area contributed by atoms with Crippen molar-refractivity contribution < 1.29 is 4.92 Å². The van der Waals surface area contributed by atoms with E-state index in [2.05, 4.69) is 20.8 Å². The topological polar surface area (TPSA) is 43.1 Å². The van der Waals surface area contributed by atoms with Crippen molar-refractivity contribution in [1.29, 1.82) is 0 Å². The summed E-state index contributed by atoms with van der Waals surface area (Å²) in [5.41, 5.74) is 0. The third-order valence-corrected chi connectivity index (χ3v) is 3.22. The molecule has 0 aliphatic rings. The highest BCUT2D eigenvalue weighted by Crippen LogP contribution is 2.23. The zero-order valence-electron chi connectivity index (χ0n) is 11.2. The molecule has 3 heteroatoms. The lowest BCUT2D eigenvalue weighted by molar-refractivity contribution is -0.528. The molecule has 0 aromatic carbocycles. The van der Waals surface area contributed by atoms with Crippen LogP contribution in [0.3, 0.4) is 0 Å². The Kier molecular flexibility index (Phi) is 8.22. The number of nitrogens with zero attached hydrogens (tertiary/aromatic N) is 1. The Labute approximate surface area is 99.8 Å². The van der Waals surface area contributed by atoms with Crippen LogP contribution in [0, 0.1) is 22.0 Å². The number of nitro groups is 1. The lowest BCUT2D eigenvalue weighted by Gasteiger charge is -2.20. The molecule has 0 fully saturated rings. The van der Waals surface area contributed by atoms with Crippen molar-refractivity contribution in [3.05, 3.63) is 10.1 Å². The van der Waals surface area contributed by atoms with Crippen LogP contribution in [0.2, 0.25) is 0 Å². The molecule has 0 aromatic heterocycles. The molecule has 0 aromatic rings. The van der Waals surface area contributed by atoms with Gasteiger partial charge in [-0.2, -0.15) is 0 Å². The summed E-state index contributed by atoms with van der Waals surface area (Å²) in [6, 6.07) is -0.385.